The van der Waals surface area contributed by atoms with E-state index in [4.69, 9.17) is 14.2 Å². The van der Waals surface area contributed by atoms with Gasteiger partial charge in [-0.3, -0.25) is 0 Å². The van der Waals surface area contributed by atoms with Crippen LogP contribution < -0.4 is 4.74 Å². The zero-order valence-corrected chi connectivity index (χ0v) is 17.5. The van der Waals surface area contributed by atoms with Crippen LogP contribution in [0.5, 0.6) is 5.75 Å². The van der Waals surface area contributed by atoms with Crippen LogP contribution in [0.15, 0.2) is 29.8 Å². The lowest BCUT2D eigenvalue weighted by molar-refractivity contribution is -0.165. The Morgan fingerprint density at radius 1 is 1.24 bits per heavy atom. The van der Waals surface area contributed by atoms with Crippen molar-refractivity contribution in [2.45, 2.75) is 46.1 Å². The second kappa shape index (κ2) is 10.7. The van der Waals surface area contributed by atoms with Crippen molar-refractivity contribution in [1.82, 2.24) is 0 Å². The van der Waals surface area contributed by atoms with Gasteiger partial charge in [-0.05, 0) is 54.4 Å². The third-order valence-corrected chi connectivity index (χ3v) is 5.33. The Balaban J connectivity index is 1.92. The van der Waals surface area contributed by atoms with Crippen LogP contribution in [0.2, 0.25) is 0 Å². The third kappa shape index (κ3) is 6.63. The van der Waals surface area contributed by atoms with E-state index in [1.54, 1.807) is 31.4 Å². The largest absolute Gasteiger partial charge is 0.497 e. The summed E-state index contributed by atoms with van der Waals surface area (Å²) in [5, 5.41) is 9.25. The Labute approximate surface area is 172 Å². The molecule has 0 aromatic heterocycles. The standard InChI is InChI=1S/C23H29NO5/c1-15(2)20-10-5-16(3)11-21(20)29-22(25)14-28-23(26)18(13-24)12-17-6-8-19(27-4)9-7-17/h6-9,12,15-16,20-21H,5,10-11,14H2,1-4H3/b18-12+. The number of methoxy groups -OCH3 is 1. The topological polar surface area (TPSA) is 85.6 Å². The molecule has 1 saturated carbocycles. The highest BCUT2D eigenvalue weighted by Gasteiger charge is 2.33. The first-order valence-electron chi connectivity index (χ1n) is 9.96. The molecule has 3 atom stereocenters. The highest BCUT2D eigenvalue weighted by molar-refractivity contribution is 5.98. The SMILES string of the molecule is COc1ccc(/C=C(\C#N)C(=O)OCC(=O)OC2CC(C)CCC2C(C)C)cc1. The van der Waals surface area contributed by atoms with E-state index >= 15 is 0 Å². The molecular formula is C23H29NO5. The Morgan fingerprint density at radius 2 is 1.93 bits per heavy atom. The first-order valence-corrected chi connectivity index (χ1v) is 9.96. The molecule has 1 aliphatic carbocycles. The lowest BCUT2D eigenvalue weighted by atomic mass is 9.75. The van der Waals surface area contributed by atoms with Gasteiger partial charge in [-0.2, -0.15) is 5.26 Å². The van der Waals surface area contributed by atoms with Gasteiger partial charge in [0, 0.05) is 0 Å². The number of rotatable bonds is 7. The molecule has 0 radical (unpaired) electrons. The van der Waals surface area contributed by atoms with E-state index in [9.17, 15) is 14.9 Å². The zero-order chi connectivity index (χ0) is 21.4. The molecule has 0 saturated heterocycles. The summed E-state index contributed by atoms with van der Waals surface area (Å²) in [5.41, 5.74) is 0.465. The zero-order valence-electron chi connectivity index (χ0n) is 17.5. The smallest absolute Gasteiger partial charge is 0.349 e. The normalized spacial score (nSPS) is 21.9. The molecule has 1 aliphatic rings. The second-order valence-electron chi connectivity index (χ2n) is 7.87. The van der Waals surface area contributed by atoms with Crippen molar-refractivity contribution in [3.63, 3.8) is 0 Å². The van der Waals surface area contributed by atoms with Gasteiger partial charge in [-0.25, -0.2) is 9.59 Å². The molecule has 0 amide bonds. The van der Waals surface area contributed by atoms with Gasteiger partial charge < -0.3 is 14.2 Å². The fourth-order valence-electron chi connectivity index (χ4n) is 3.66. The molecule has 1 aromatic rings. The molecule has 6 nitrogen and oxygen atoms in total. The summed E-state index contributed by atoms with van der Waals surface area (Å²) in [7, 11) is 1.55. The monoisotopic (exact) mass is 399 g/mol. The Kier molecular flexibility index (Phi) is 8.26. The summed E-state index contributed by atoms with van der Waals surface area (Å²) >= 11 is 0. The molecule has 2 rings (SSSR count). The summed E-state index contributed by atoms with van der Waals surface area (Å²) in [6.45, 7) is 5.91. The minimum absolute atomic E-state index is 0.157. The molecule has 0 aliphatic heterocycles. The van der Waals surface area contributed by atoms with E-state index < -0.39 is 18.5 Å². The summed E-state index contributed by atoms with van der Waals surface area (Å²) in [4.78, 5) is 24.4. The van der Waals surface area contributed by atoms with Crippen LogP contribution in [-0.2, 0) is 19.1 Å². The predicted octanol–water partition coefficient (Wildman–Crippen LogP) is 4.15. The van der Waals surface area contributed by atoms with Gasteiger partial charge >= 0.3 is 11.9 Å². The molecule has 29 heavy (non-hydrogen) atoms. The molecule has 0 bridgehead atoms. The Bertz CT molecular complexity index is 775. The number of ether oxygens (including phenoxy) is 3. The van der Waals surface area contributed by atoms with E-state index in [1.807, 2.05) is 6.07 Å². The van der Waals surface area contributed by atoms with E-state index in [0.29, 0.717) is 29.1 Å². The maximum atomic E-state index is 12.2. The molecule has 6 heteroatoms. The Morgan fingerprint density at radius 3 is 2.52 bits per heavy atom. The van der Waals surface area contributed by atoms with E-state index in [-0.39, 0.29) is 11.7 Å². The summed E-state index contributed by atoms with van der Waals surface area (Å²) in [5.74, 6) is 0.476. The minimum Gasteiger partial charge on any atom is -0.497 e. The van der Waals surface area contributed by atoms with Crippen molar-refractivity contribution in [3.8, 4) is 11.8 Å². The van der Waals surface area contributed by atoms with E-state index in [2.05, 4.69) is 20.8 Å². The van der Waals surface area contributed by atoms with Crippen molar-refractivity contribution in [3.05, 3.63) is 35.4 Å². The van der Waals surface area contributed by atoms with Crippen LogP contribution in [0.1, 0.15) is 45.6 Å². The predicted molar refractivity (Wildman–Crippen MR) is 109 cm³/mol. The average molecular weight is 399 g/mol. The first-order chi connectivity index (χ1) is 13.8. The van der Waals surface area contributed by atoms with Crippen molar-refractivity contribution in [2.75, 3.05) is 13.7 Å². The number of nitriles is 1. The van der Waals surface area contributed by atoms with Gasteiger partial charge in [-0.1, -0.05) is 39.3 Å². The fraction of sp³-hybridized carbons (Fsp3) is 0.522. The maximum Gasteiger partial charge on any atom is 0.349 e. The molecule has 3 unspecified atom stereocenters. The van der Waals surface area contributed by atoms with Crippen LogP contribution in [0.25, 0.3) is 6.08 Å². The molecule has 0 heterocycles. The van der Waals surface area contributed by atoms with Gasteiger partial charge in [0.15, 0.2) is 6.61 Å². The second-order valence-corrected chi connectivity index (χ2v) is 7.87. The van der Waals surface area contributed by atoms with Gasteiger partial charge in [0.25, 0.3) is 0 Å². The molecule has 156 valence electrons. The molecular weight excluding hydrogens is 370 g/mol. The molecule has 0 N–H and O–H groups in total. The lowest BCUT2D eigenvalue weighted by Crippen LogP contribution is -2.36. The lowest BCUT2D eigenvalue weighted by Gasteiger charge is -2.36. The van der Waals surface area contributed by atoms with Crippen molar-refractivity contribution < 1.29 is 23.8 Å². The number of benzene rings is 1. The van der Waals surface area contributed by atoms with Crippen molar-refractivity contribution in [2.24, 2.45) is 17.8 Å². The fourth-order valence-corrected chi connectivity index (χ4v) is 3.66. The number of esters is 2. The highest BCUT2D eigenvalue weighted by atomic mass is 16.6. The average Bonchev–Trinajstić information content (AvgIpc) is 2.70. The highest BCUT2D eigenvalue weighted by Crippen LogP contribution is 2.35. The number of carbonyl (C=O) groups is 2. The van der Waals surface area contributed by atoms with Gasteiger partial charge in [0.2, 0.25) is 0 Å². The quantitative estimate of drug-likeness (QED) is 0.389. The van der Waals surface area contributed by atoms with Crippen LogP contribution in [0.4, 0.5) is 0 Å². The number of hydrogen-bond acceptors (Lipinski definition) is 6. The molecule has 1 aromatic carbocycles. The van der Waals surface area contributed by atoms with Crippen molar-refractivity contribution in [1.29, 1.82) is 5.26 Å². The minimum atomic E-state index is -0.849. The maximum absolute atomic E-state index is 12.2. The van der Waals surface area contributed by atoms with Crippen LogP contribution in [0, 0.1) is 29.1 Å². The van der Waals surface area contributed by atoms with Crippen LogP contribution in [0.3, 0.4) is 0 Å². The van der Waals surface area contributed by atoms with Gasteiger partial charge in [0.05, 0.1) is 7.11 Å². The van der Waals surface area contributed by atoms with Crippen LogP contribution >= 0.6 is 0 Å². The molecule has 1 fully saturated rings. The number of hydrogen-bond donors (Lipinski definition) is 0. The van der Waals surface area contributed by atoms with E-state index in [0.717, 1.165) is 19.3 Å². The molecule has 0 spiro atoms. The first kappa shape index (κ1) is 22.5. The number of carbonyl (C=O) groups excluding carboxylic acids is 2. The summed E-state index contributed by atoms with van der Waals surface area (Å²) < 4.78 is 15.7. The van der Waals surface area contributed by atoms with Crippen LogP contribution in [-0.4, -0.2) is 31.8 Å². The van der Waals surface area contributed by atoms with Crippen molar-refractivity contribution >= 4 is 18.0 Å². The van der Waals surface area contributed by atoms with Gasteiger partial charge in [-0.15, -0.1) is 0 Å². The summed E-state index contributed by atoms with van der Waals surface area (Å²) in [6, 6.07) is 8.69. The number of nitrogens with zero attached hydrogens (tertiary/aromatic N) is 1. The third-order valence-electron chi connectivity index (χ3n) is 5.33. The summed E-state index contributed by atoms with van der Waals surface area (Å²) in [6.07, 6.45) is 4.23. The Hall–Kier alpha value is -2.81. The van der Waals surface area contributed by atoms with E-state index in [1.165, 1.54) is 6.08 Å². The van der Waals surface area contributed by atoms with Gasteiger partial charge in [0.1, 0.15) is 23.5 Å².